The van der Waals surface area contributed by atoms with Crippen molar-refractivity contribution in [2.75, 3.05) is 22.4 Å². The third kappa shape index (κ3) is 4.24. The molecule has 1 aliphatic rings. The second-order valence-electron chi connectivity index (χ2n) is 8.47. The number of rotatable bonds is 4. The summed E-state index contributed by atoms with van der Waals surface area (Å²) in [5.74, 6) is -0.597. The average Bonchev–Trinajstić information content (AvgIpc) is 3.28. The fourth-order valence-corrected chi connectivity index (χ4v) is 4.96. The van der Waals surface area contributed by atoms with Crippen molar-refractivity contribution in [1.29, 1.82) is 0 Å². The minimum Gasteiger partial charge on any atom is -0.506 e. The van der Waals surface area contributed by atoms with Crippen molar-refractivity contribution in [3.63, 3.8) is 0 Å². The van der Waals surface area contributed by atoms with Gasteiger partial charge in [0.25, 0.3) is 5.91 Å². The molecule has 1 aliphatic heterocycles. The van der Waals surface area contributed by atoms with Gasteiger partial charge in [0, 0.05) is 23.2 Å². The maximum atomic E-state index is 13.4. The zero-order valence-corrected chi connectivity index (χ0v) is 19.5. The zero-order valence-electron chi connectivity index (χ0n) is 18.7. The monoisotopic (exact) mass is 516 g/mol. The summed E-state index contributed by atoms with van der Waals surface area (Å²) >= 11 is 0. The number of aromatic hydroxyl groups is 1. The molecule has 4 aromatic rings. The molecule has 0 unspecified atom stereocenters. The Labute approximate surface area is 203 Å². The van der Waals surface area contributed by atoms with Gasteiger partial charge in [-0.2, -0.15) is 18.3 Å². The fraction of sp³-hybridized carbons (Fsp3) is 0.167. The number of aromatic amines is 1. The number of phenolic OH excluding ortho intramolecular Hbond substituents is 1. The molecular weight excluding hydrogens is 497 g/mol. The molecule has 1 amide bonds. The molecule has 3 N–H and O–H groups in total. The lowest BCUT2D eigenvalue weighted by Gasteiger charge is -2.29. The summed E-state index contributed by atoms with van der Waals surface area (Å²) in [4.78, 5) is 14.7. The number of hydrogen-bond acceptors (Lipinski definition) is 5. The van der Waals surface area contributed by atoms with Gasteiger partial charge in [-0.3, -0.25) is 14.6 Å². The van der Waals surface area contributed by atoms with Crippen LogP contribution in [0.4, 0.5) is 24.5 Å². The van der Waals surface area contributed by atoms with Crippen LogP contribution in [0.25, 0.3) is 22.0 Å². The Morgan fingerprint density at radius 2 is 1.83 bits per heavy atom. The number of hydrogen-bond donors (Lipinski definition) is 3. The van der Waals surface area contributed by atoms with Crippen LogP contribution in [0.15, 0.2) is 54.7 Å². The zero-order chi connectivity index (χ0) is 25.8. The van der Waals surface area contributed by atoms with E-state index in [1.54, 1.807) is 18.2 Å². The van der Waals surface area contributed by atoms with Gasteiger partial charge in [-0.1, -0.05) is 18.2 Å². The van der Waals surface area contributed by atoms with E-state index in [1.807, 2.05) is 0 Å². The average molecular weight is 517 g/mol. The first-order valence-corrected chi connectivity index (χ1v) is 12.6. The Balaban J connectivity index is 1.49. The highest BCUT2D eigenvalue weighted by Gasteiger charge is 2.34. The predicted octanol–water partition coefficient (Wildman–Crippen LogP) is 4.53. The molecule has 8 nitrogen and oxygen atoms in total. The van der Waals surface area contributed by atoms with Crippen LogP contribution in [0.1, 0.15) is 21.5 Å². The van der Waals surface area contributed by atoms with Crippen LogP contribution < -0.4 is 9.62 Å². The molecule has 36 heavy (non-hydrogen) atoms. The van der Waals surface area contributed by atoms with Gasteiger partial charge in [-0.25, -0.2) is 8.42 Å². The van der Waals surface area contributed by atoms with Gasteiger partial charge in [-0.15, -0.1) is 0 Å². The number of benzene rings is 3. The highest BCUT2D eigenvalue weighted by Crippen LogP contribution is 2.39. The Morgan fingerprint density at radius 3 is 2.56 bits per heavy atom. The van der Waals surface area contributed by atoms with Gasteiger partial charge in [0.1, 0.15) is 5.75 Å². The van der Waals surface area contributed by atoms with Crippen LogP contribution in [-0.2, 0) is 22.6 Å². The molecule has 0 saturated heterocycles. The molecule has 0 spiro atoms. The fourth-order valence-electron chi connectivity index (χ4n) is 4.40. The third-order valence-electron chi connectivity index (χ3n) is 6.00. The number of carbonyl (C=O) groups excluding carboxylic acids is 1. The van der Waals surface area contributed by atoms with E-state index in [0.717, 1.165) is 17.9 Å². The minimum atomic E-state index is -4.53. The van der Waals surface area contributed by atoms with Crippen LogP contribution in [0.2, 0.25) is 0 Å². The lowest BCUT2D eigenvalue weighted by Crippen LogP contribution is -2.37. The van der Waals surface area contributed by atoms with E-state index in [-0.39, 0.29) is 29.4 Å². The smallest absolute Gasteiger partial charge is 0.418 e. The maximum absolute atomic E-state index is 13.4. The maximum Gasteiger partial charge on any atom is 0.418 e. The number of nitrogens with one attached hydrogen (secondary N) is 2. The number of alkyl halides is 3. The summed E-state index contributed by atoms with van der Waals surface area (Å²) in [7, 11) is -3.65. The van der Waals surface area contributed by atoms with E-state index in [4.69, 9.17) is 0 Å². The van der Waals surface area contributed by atoms with Crippen molar-refractivity contribution < 1.29 is 31.5 Å². The molecule has 3 aromatic carbocycles. The molecule has 5 rings (SSSR count). The minimum absolute atomic E-state index is 0.0459. The van der Waals surface area contributed by atoms with Crippen LogP contribution in [0.3, 0.4) is 0 Å². The number of carbonyl (C=O) groups is 1. The highest BCUT2D eigenvalue weighted by molar-refractivity contribution is 7.92. The van der Waals surface area contributed by atoms with Crippen LogP contribution in [0, 0.1) is 0 Å². The van der Waals surface area contributed by atoms with Crippen molar-refractivity contribution in [2.45, 2.75) is 12.6 Å². The highest BCUT2D eigenvalue weighted by atomic mass is 32.2. The number of H-pyrrole nitrogens is 1. The van der Waals surface area contributed by atoms with Gasteiger partial charge >= 0.3 is 6.18 Å². The largest absolute Gasteiger partial charge is 0.506 e. The third-order valence-corrected chi connectivity index (χ3v) is 6.60. The number of halogens is 3. The van der Waals surface area contributed by atoms with E-state index >= 15 is 0 Å². The van der Waals surface area contributed by atoms with E-state index in [0.29, 0.717) is 34.2 Å². The SMILES string of the molecule is CS(=O)(=O)Nc1cc(N2CCc3cc(-c4ccc(C(F)(F)F)c5[nH]ncc45)ccc3C2=O)ccc1O. The number of amides is 1. The standard InChI is InChI=1S/C24H19F3N4O4S/c1-36(34,35)30-20-11-15(3-7-21(20)32)31-9-8-14-10-13(2-4-17(14)23(31)33)16-5-6-19(24(25,26)27)22-18(16)12-28-29-22/h2-7,10-12,30,32H,8-9H2,1H3,(H,28,29). The van der Waals surface area contributed by atoms with Gasteiger partial charge in [0.2, 0.25) is 10.0 Å². The topological polar surface area (TPSA) is 115 Å². The molecule has 186 valence electrons. The molecule has 0 radical (unpaired) electrons. The van der Waals surface area contributed by atoms with Crippen LogP contribution in [-0.4, -0.2) is 42.4 Å². The first kappa shape index (κ1) is 23.7. The van der Waals surface area contributed by atoms with Crippen LogP contribution in [0.5, 0.6) is 5.75 Å². The number of fused-ring (bicyclic) bond motifs is 2. The first-order valence-electron chi connectivity index (χ1n) is 10.7. The summed E-state index contributed by atoms with van der Waals surface area (Å²) in [6.07, 6.45) is -1.77. The second-order valence-corrected chi connectivity index (χ2v) is 10.2. The van der Waals surface area contributed by atoms with Gasteiger partial charge in [0.15, 0.2) is 0 Å². The number of phenols is 1. The van der Waals surface area contributed by atoms with E-state index < -0.39 is 21.8 Å². The molecule has 12 heteroatoms. The number of anilines is 2. The summed E-state index contributed by atoms with van der Waals surface area (Å²) in [6.45, 7) is 0.284. The lowest BCUT2D eigenvalue weighted by atomic mass is 9.92. The Kier molecular flexibility index (Phi) is 5.43. The van der Waals surface area contributed by atoms with Gasteiger partial charge in [0.05, 0.1) is 29.2 Å². The normalized spacial score (nSPS) is 14.2. The Bertz CT molecular complexity index is 1630. The summed E-state index contributed by atoms with van der Waals surface area (Å²) in [6, 6.07) is 11.7. The lowest BCUT2D eigenvalue weighted by molar-refractivity contribution is -0.136. The Morgan fingerprint density at radius 1 is 1.08 bits per heavy atom. The van der Waals surface area contributed by atoms with E-state index in [9.17, 15) is 31.5 Å². The van der Waals surface area contributed by atoms with Crippen molar-refractivity contribution >= 4 is 38.2 Å². The number of aromatic nitrogens is 2. The molecule has 0 saturated carbocycles. The summed E-state index contributed by atoms with van der Waals surface area (Å²) < 4.78 is 65.5. The molecular formula is C24H19F3N4O4S. The number of nitrogens with zero attached hydrogens (tertiary/aromatic N) is 2. The van der Waals surface area contributed by atoms with Crippen molar-refractivity contribution in [3.05, 3.63) is 71.4 Å². The Hall–Kier alpha value is -4.06. The van der Waals surface area contributed by atoms with Crippen LogP contribution >= 0.6 is 0 Å². The molecule has 0 aliphatic carbocycles. The molecule has 0 atom stereocenters. The van der Waals surface area contributed by atoms with Gasteiger partial charge in [-0.05, 0) is 53.4 Å². The molecule has 0 fully saturated rings. The number of sulfonamides is 1. The first-order chi connectivity index (χ1) is 16.9. The molecule has 2 heterocycles. The predicted molar refractivity (Wildman–Crippen MR) is 128 cm³/mol. The summed E-state index contributed by atoms with van der Waals surface area (Å²) in [5.41, 5.74) is 1.81. The molecule has 1 aromatic heterocycles. The quantitative estimate of drug-likeness (QED) is 0.345. The van der Waals surface area contributed by atoms with Crippen molar-refractivity contribution in [1.82, 2.24) is 10.2 Å². The van der Waals surface area contributed by atoms with Crippen molar-refractivity contribution in [3.8, 4) is 16.9 Å². The second kappa shape index (κ2) is 8.26. The molecule has 0 bridgehead atoms. The van der Waals surface area contributed by atoms with Crippen molar-refractivity contribution in [2.24, 2.45) is 0 Å². The van der Waals surface area contributed by atoms with Gasteiger partial charge < -0.3 is 10.0 Å². The van der Waals surface area contributed by atoms with E-state index in [2.05, 4.69) is 14.9 Å². The summed E-state index contributed by atoms with van der Waals surface area (Å²) in [5, 5.41) is 16.5. The van der Waals surface area contributed by atoms with E-state index in [1.165, 1.54) is 35.4 Å².